The molecule has 4 heteroatoms. The Morgan fingerprint density at radius 3 is 1.65 bits per heavy atom. The summed E-state index contributed by atoms with van der Waals surface area (Å²) in [6, 6.07) is 66.5. The van der Waals surface area contributed by atoms with E-state index in [1.807, 2.05) is 35.6 Å². The third kappa shape index (κ3) is 5.12. The molecule has 0 unspecified atom stereocenters. The number of benzene rings is 7. The minimum Gasteiger partial charge on any atom is -0.294 e. The summed E-state index contributed by atoms with van der Waals surface area (Å²) in [6.07, 6.45) is 0. The molecule has 0 amide bonds. The first-order valence-corrected chi connectivity index (χ1v) is 18.3. The molecule has 7 aromatic carbocycles. The van der Waals surface area contributed by atoms with Gasteiger partial charge in [-0.05, 0) is 34.4 Å². The number of fused-ring (bicyclic) bond motifs is 5. The van der Waals surface area contributed by atoms with Gasteiger partial charge in [0.15, 0.2) is 5.82 Å². The molecule has 0 bridgehead atoms. The molecule has 10 aromatic rings. The maximum Gasteiger partial charge on any atom is 0.162 e. The Kier molecular flexibility index (Phi) is 7.33. The summed E-state index contributed by atoms with van der Waals surface area (Å²) in [5.74, 6) is 1.53. The number of thiophene rings is 1. The zero-order valence-electron chi connectivity index (χ0n) is 28.1. The summed E-state index contributed by atoms with van der Waals surface area (Å²) < 4.78 is 3.60. The van der Waals surface area contributed by atoms with Crippen LogP contribution in [-0.2, 0) is 0 Å². The summed E-state index contributed by atoms with van der Waals surface area (Å²) >= 11 is 1.88. The number of hydrogen-bond acceptors (Lipinski definition) is 3. The second-order valence-electron chi connectivity index (χ2n) is 13.0. The van der Waals surface area contributed by atoms with Crippen molar-refractivity contribution in [2.75, 3.05) is 0 Å². The quantitative estimate of drug-likeness (QED) is 0.175. The standard InChI is InChI=1S/C48H31N3S/c1-5-15-32(16-6-1)33-25-27-34(28-26-33)40-31-43(50-48(49-40)37-21-11-4-12-22-37)51-41-24-14-13-23-38(41)45-42(51)30-29-39-44(35-17-7-2-8-18-35)46(52-47(39)45)36-19-9-3-10-20-36/h1-31H. The monoisotopic (exact) mass is 681 g/mol. The summed E-state index contributed by atoms with van der Waals surface area (Å²) in [5.41, 5.74) is 11.2. The highest BCUT2D eigenvalue weighted by Crippen LogP contribution is 2.49. The van der Waals surface area contributed by atoms with Gasteiger partial charge in [0.1, 0.15) is 5.82 Å². The highest BCUT2D eigenvalue weighted by Gasteiger charge is 2.22. The smallest absolute Gasteiger partial charge is 0.162 e. The Balaban J connectivity index is 1.23. The number of hydrogen-bond donors (Lipinski definition) is 0. The van der Waals surface area contributed by atoms with E-state index in [1.165, 1.54) is 53.6 Å². The van der Waals surface area contributed by atoms with Crippen LogP contribution in [0.2, 0.25) is 0 Å². The largest absolute Gasteiger partial charge is 0.294 e. The first kappa shape index (κ1) is 30.2. The van der Waals surface area contributed by atoms with Crippen molar-refractivity contribution in [2.24, 2.45) is 0 Å². The van der Waals surface area contributed by atoms with E-state index in [0.717, 1.165) is 33.7 Å². The van der Waals surface area contributed by atoms with Crippen molar-refractivity contribution < 1.29 is 0 Å². The van der Waals surface area contributed by atoms with Crippen molar-refractivity contribution in [3.8, 4) is 61.2 Å². The van der Waals surface area contributed by atoms with E-state index < -0.39 is 0 Å². The first-order chi connectivity index (χ1) is 25.8. The zero-order valence-corrected chi connectivity index (χ0v) is 29.0. The lowest BCUT2D eigenvalue weighted by Crippen LogP contribution is -2.02. The van der Waals surface area contributed by atoms with E-state index in [1.54, 1.807) is 0 Å². The lowest BCUT2D eigenvalue weighted by Gasteiger charge is -2.12. The molecular weight excluding hydrogens is 651 g/mol. The van der Waals surface area contributed by atoms with Crippen LogP contribution >= 0.6 is 11.3 Å². The summed E-state index contributed by atoms with van der Waals surface area (Å²) in [6.45, 7) is 0. The van der Waals surface area contributed by atoms with Gasteiger partial charge in [0.2, 0.25) is 0 Å². The van der Waals surface area contributed by atoms with Crippen LogP contribution in [0.25, 0.3) is 93.0 Å². The lowest BCUT2D eigenvalue weighted by molar-refractivity contribution is 1.05. The molecule has 52 heavy (non-hydrogen) atoms. The second kappa shape index (κ2) is 12.6. The summed E-state index contributed by atoms with van der Waals surface area (Å²) in [7, 11) is 0. The van der Waals surface area contributed by atoms with E-state index >= 15 is 0 Å². The highest BCUT2D eigenvalue weighted by atomic mass is 32.1. The maximum atomic E-state index is 5.29. The number of rotatable bonds is 6. The molecule has 0 saturated heterocycles. The van der Waals surface area contributed by atoms with Gasteiger partial charge in [0.05, 0.1) is 16.7 Å². The molecule has 0 radical (unpaired) electrons. The van der Waals surface area contributed by atoms with Crippen LogP contribution in [0.4, 0.5) is 0 Å². The molecule has 10 rings (SSSR count). The Labute approximate surface area is 305 Å². The predicted molar refractivity (Wildman–Crippen MR) is 219 cm³/mol. The molecule has 3 aromatic heterocycles. The van der Waals surface area contributed by atoms with Crippen molar-refractivity contribution in [1.29, 1.82) is 0 Å². The summed E-state index contributed by atoms with van der Waals surface area (Å²) in [5, 5.41) is 3.71. The van der Waals surface area contributed by atoms with Crippen molar-refractivity contribution in [2.45, 2.75) is 0 Å². The highest BCUT2D eigenvalue weighted by molar-refractivity contribution is 7.24. The van der Waals surface area contributed by atoms with Crippen molar-refractivity contribution in [3.63, 3.8) is 0 Å². The van der Waals surface area contributed by atoms with E-state index in [2.05, 4.69) is 168 Å². The van der Waals surface area contributed by atoms with Gasteiger partial charge in [-0.15, -0.1) is 11.3 Å². The zero-order chi connectivity index (χ0) is 34.4. The van der Waals surface area contributed by atoms with Crippen LogP contribution < -0.4 is 0 Å². The minimum absolute atomic E-state index is 0.695. The van der Waals surface area contributed by atoms with Gasteiger partial charge in [-0.1, -0.05) is 170 Å². The van der Waals surface area contributed by atoms with Crippen molar-refractivity contribution in [1.82, 2.24) is 14.5 Å². The Hall–Kier alpha value is -6.62. The lowest BCUT2D eigenvalue weighted by atomic mass is 9.98. The first-order valence-electron chi connectivity index (χ1n) is 17.5. The van der Waals surface area contributed by atoms with Gasteiger partial charge in [0, 0.05) is 48.5 Å². The van der Waals surface area contributed by atoms with E-state index in [4.69, 9.17) is 9.97 Å². The topological polar surface area (TPSA) is 30.7 Å². The van der Waals surface area contributed by atoms with Crippen LogP contribution in [0.1, 0.15) is 0 Å². The molecule has 0 aliphatic carbocycles. The van der Waals surface area contributed by atoms with Crippen molar-refractivity contribution >= 4 is 43.2 Å². The van der Waals surface area contributed by atoms with Gasteiger partial charge >= 0.3 is 0 Å². The van der Waals surface area contributed by atoms with Gasteiger partial charge in [-0.3, -0.25) is 4.57 Å². The van der Waals surface area contributed by atoms with Crippen LogP contribution in [0, 0.1) is 0 Å². The van der Waals surface area contributed by atoms with E-state index in [-0.39, 0.29) is 0 Å². The Morgan fingerprint density at radius 2 is 0.962 bits per heavy atom. The number of para-hydroxylation sites is 1. The van der Waals surface area contributed by atoms with Crippen molar-refractivity contribution in [3.05, 3.63) is 188 Å². The molecule has 244 valence electrons. The molecule has 0 spiro atoms. The van der Waals surface area contributed by atoms with Crippen LogP contribution in [0.3, 0.4) is 0 Å². The molecule has 0 aliphatic rings. The number of nitrogens with zero attached hydrogens (tertiary/aromatic N) is 3. The maximum absolute atomic E-state index is 5.29. The number of aromatic nitrogens is 3. The molecule has 0 atom stereocenters. The van der Waals surface area contributed by atoms with Gasteiger partial charge in [-0.25, -0.2) is 9.97 Å². The van der Waals surface area contributed by atoms with Gasteiger partial charge < -0.3 is 0 Å². The SMILES string of the molecule is c1ccc(-c2ccc(-c3cc(-n4c5ccccc5c5c6sc(-c7ccccc7)c(-c7ccccc7)c6ccc54)nc(-c4ccccc4)n3)cc2)cc1. The molecular formula is C48H31N3S. The van der Waals surface area contributed by atoms with Gasteiger partial charge in [-0.2, -0.15) is 0 Å². The molecule has 3 heterocycles. The average Bonchev–Trinajstić information content (AvgIpc) is 3.79. The van der Waals surface area contributed by atoms with Crippen LogP contribution in [0.5, 0.6) is 0 Å². The molecule has 0 fully saturated rings. The van der Waals surface area contributed by atoms with E-state index in [9.17, 15) is 0 Å². The molecule has 0 N–H and O–H groups in total. The molecule has 3 nitrogen and oxygen atoms in total. The van der Waals surface area contributed by atoms with Crippen LogP contribution in [0.15, 0.2) is 188 Å². The Bertz CT molecular complexity index is 2860. The molecule has 0 aliphatic heterocycles. The normalized spacial score (nSPS) is 11.5. The fourth-order valence-corrected chi connectivity index (χ4v) is 8.80. The Morgan fingerprint density at radius 1 is 0.404 bits per heavy atom. The third-order valence-corrected chi connectivity index (χ3v) is 11.1. The van der Waals surface area contributed by atoms with Gasteiger partial charge in [0.25, 0.3) is 0 Å². The van der Waals surface area contributed by atoms with Crippen LogP contribution in [-0.4, -0.2) is 14.5 Å². The average molecular weight is 682 g/mol. The predicted octanol–water partition coefficient (Wildman–Crippen LogP) is 13.1. The third-order valence-electron chi connectivity index (χ3n) is 9.85. The second-order valence-corrected chi connectivity index (χ2v) is 14.0. The fourth-order valence-electron chi connectivity index (χ4n) is 7.42. The summed E-state index contributed by atoms with van der Waals surface area (Å²) in [4.78, 5) is 11.7. The fraction of sp³-hybridized carbons (Fsp3) is 0. The van der Waals surface area contributed by atoms with E-state index in [0.29, 0.717) is 5.82 Å². The minimum atomic E-state index is 0.695. The molecule has 0 saturated carbocycles.